The number of hydrogen-bond donors (Lipinski definition) is 2. The van der Waals surface area contributed by atoms with E-state index in [2.05, 4.69) is 13.8 Å². The molecule has 0 aliphatic carbocycles. The lowest BCUT2D eigenvalue weighted by Gasteiger charge is -2.04. The van der Waals surface area contributed by atoms with Crippen LogP contribution in [0.15, 0.2) is 0 Å². The van der Waals surface area contributed by atoms with Gasteiger partial charge in [-0.2, -0.15) is 0 Å². The zero-order chi connectivity index (χ0) is 12.7. The molecule has 0 radical (unpaired) electrons. The molecule has 0 spiro atoms. The fourth-order valence-electron chi connectivity index (χ4n) is 0.677. The quantitative estimate of drug-likeness (QED) is 0.708. The van der Waals surface area contributed by atoms with Crippen molar-refractivity contribution in [3.8, 4) is 0 Å². The van der Waals surface area contributed by atoms with Crippen molar-refractivity contribution >= 4 is 0 Å². The smallest absolute Gasteiger partial charge is 0.0563 e. The van der Waals surface area contributed by atoms with Gasteiger partial charge in [-0.15, -0.1) is 0 Å². The molecule has 0 amide bonds. The molecule has 0 fully saturated rings. The first-order valence-electron chi connectivity index (χ1n) is 6.16. The van der Waals surface area contributed by atoms with Gasteiger partial charge >= 0.3 is 0 Å². The van der Waals surface area contributed by atoms with Crippen LogP contribution in [0.25, 0.3) is 0 Å². The highest BCUT2D eigenvalue weighted by atomic mass is 16.3. The van der Waals surface area contributed by atoms with Crippen LogP contribution in [0.5, 0.6) is 0 Å². The number of hydrogen-bond acceptors (Lipinski definition) is 2. The number of rotatable bonds is 4. The molecule has 0 saturated heterocycles. The van der Waals surface area contributed by atoms with Crippen LogP contribution in [-0.4, -0.2) is 22.4 Å². The van der Waals surface area contributed by atoms with Gasteiger partial charge in [0.05, 0.1) is 5.60 Å². The van der Waals surface area contributed by atoms with Crippen LogP contribution in [0.2, 0.25) is 0 Å². The van der Waals surface area contributed by atoms with E-state index in [0.717, 1.165) is 0 Å². The number of aliphatic hydroxyl groups is 2. The van der Waals surface area contributed by atoms with Crippen LogP contribution < -0.4 is 0 Å². The zero-order valence-corrected chi connectivity index (χ0v) is 11.6. The van der Waals surface area contributed by atoms with E-state index < -0.39 is 5.60 Å². The van der Waals surface area contributed by atoms with Crippen LogP contribution in [0.3, 0.4) is 0 Å². The van der Waals surface area contributed by atoms with E-state index in [4.69, 9.17) is 10.2 Å². The van der Waals surface area contributed by atoms with Crippen molar-refractivity contribution in [3.63, 3.8) is 0 Å². The molecular formula is C13H32O2. The van der Waals surface area contributed by atoms with Gasteiger partial charge in [0, 0.05) is 6.61 Å². The van der Waals surface area contributed by atoms with Crippen molar-refractivity contribution in [1.29, 1.82) is 0 Å². The molecule has 0 aromatic carbocycles. The van der Waals surface area contributed by atoms with E-state index in [1.165, 1.54) is 32.1 Å². The molecular weight excluding hydrogens is 188 g/mol. The summed E-state index contributed by atoms with van der Waals surface area (Å²) in [7, 11) is 0. The number of aliphatic hydroxyl groups excluding tert-OH is 1. The van der Waals surface area contributed by atoms with E-state index >= 15 is 0 Å². The van der Waals surface area contributed by atoms with Crippen molar-refractivity contribution in [2.24, 2.45) is 0 Å². The second-order valence-electron chi connectivity index (χ2n) is 4.55. The normalized spacial score (nSPS) is 9.60. The lowest BCUT2D eigenvalue weighted by Crippen LogP contribution is -2.10. The van der Waals surface area contributed by atoms with Gasteiger partial charge in [-0.25, -0.2) is 0 Å². The molecule has 96 valence electrons. The van der Waals surface area contributed by atoms with Crippen molar-refractivity contribution in [2.75, 3.05) is 6.61 Å². The van der Waals surface area contributed by atoms with Crippen LogP contribution in [0, 0.1) is 0 Å². The van der Waals surface area contributed by atoms with Gasteiger partial charge in [0.2, 0.25) is 0 Å². The minimum atomic E-state index is -0.500. The Hall–Kier alpha value is -0.0800. The third-order valence-electron chi connectivity index (χ3n) is 1.21. The van der Waals surface area contributed by atoms with Gasteiger partial charge in [0.15, 0.2) is 0 Å². The van der Waals surface area contributed by atoms with Gasteiger partial charge < -0.3 is 10.2 Å². The largest absolute Gasteiger partial charge is 0.397 e. The van der Waals surface area contributed by atoms with E-state index in [1.807, 2.05) is 0 Å². The Labute approximate surface area is 96.7 Å². The van der Waals surface area contributed by atoms with E-state index in [1.54, 1.807) is 27.7 Å². The molecule has 0 atom stereocenters. The highest BCUT2D eigenvalue weighted by molar-refractivity contribution is 4.50. The fraction of sp³-hybridized carbons (Fsp3) is 1.00. The SMILES string of the molecule is CC(C)(C)O.CCCCCCC.CCO. The molecule has 2 nitrogen and oxygen atoms in total. The predicted octanol–water partition coefficient (Wildman–Crippen LogP) is 3.75. The van der Waals surface area contributed by atoms with Gasteiger partial charge in [-0.3, -0.25) is 0 Å². The van der Waals surface area contributed by atoms with E-state index in [9.17, 15) is 0 Å². The molecule has 0 unspecified atom stereocenters. The third-order valence-corrected chi connectivity index (χ3v) is 1.21. The lowest BCUT2D eigenvalue weighted by molar-refractivity contribution is 0.102. The lowest BCUT2D eigenvalue weighted by atomic mass is 10.2. The Bertz CT molecular complexity index is 75.0. The third kappa shape index (κ3) is 129. The second kappa shape index (κ2) is 16.4. The van der Waals surface area contributed by atoms with Crippen molar-refractivity contribution in [3.05, 3.63) is 0 Å². The van der Waals surface area contributed by atoms with Gasteiger partial charge in [-0.05, 0) is 27.7 Å². The van der Waals surface area contributed by atoms with E-state index in [-0.39, 0.29) is 6.61 Å². The Morgan fingerprint density at radius 3 is 1.13 bits per heavy atom. The summed E-state index contributed by atoms with van der Waals surface area (Å²) in [6, 6.07) is 0. The van der Waals surface area contributed by atoms with Crippen LogP contribution in [0.1, 0.15) is 73.6 Å². The molecule has 0 aliphatic heterocycles. The number of unbranched alkanes of at least 4 members (excludes halogenated alkanes) is 4. The summed E-state index contributed by atoms with van der Waals surface area (Å²) in [5.41, 5.74) is -0.500. The van der Waals surface area contributed by atoms with Crippen molar-refractivity contribution < 1.29 is 10.2 Å². The topological polar surface area (TPSA) is 40.5 Å². The van der Waals surface area contributed by atoms with Gasteiger partial charge in [0.1, 0.15) is 0 Å². The molecule has 0 aromatic heterocycles. The molecule has 15 heavy (non-hydrogen) atoms. The monoisotopic (exact) mass is 220 g/mol. The minimum absolute atomic E-state index is 0.250. The molecule has 2 N–H and O–H groups in total. The molecule has 0 aliphatic rings. The first-order chi connectivity index (χ1) is 6.83. The molecule has 2 heteroatoms. The average molecular weight is 220 g/mol. The molecule has 0 aromatic rings. The summed E-state index contributed by atoms with van der Waals surface area (Å²) in [4.78, 5) is 0. The summed E-state index contributed by atoms with van der Waals surface area (Å²) in [6.45, 7) is 11.7. The highest BCUT2D eigenvalue weighted by Gasteiger charge is 1.97. The Morgan fingerprint density at radius 1 is 0.800 bits per heavy atom. The van der Waals surface area contributed by atoms with Gasteiger partial charge in [0.25, 0.3) is 0 Å². The van der Waals surface area contributed by atoms with Crippen LogP contribution in [-0.2, 0) is 0 Å². The first-order valence-corrected chi connectivity index (χ1v) is 6.16. The molecule has 0 rings (SSSR count). The zero-order valence-electron chi connectivity index (χ0n) is 11.6. The van der Waals surface area contributed by atoms with E-state index in [0.29, 0.717) is 0 Å². The Balaban J connectivity index is -0.000000158. The van der Waals surface area contributed by atoms with Gasteiger partial charge in [-0.1, -0.05) is 46.0 Å². The highest BCUT2D eigenvalue weighted by Crippen LogP contribution is 2.00. The van der Waals surface area contributed by atoms with Crippen molar-refractivity contribution in [1.82, 2.24) is 0 Å². The summed E-state index contributed by atoms with van der Waals surface area (Å²) in [5, 5.41) is 16.1. The maximum absolute atomic E-state index is 8.52. The first kappa shape index (κ1) is 20.3. The summed E-state index contributed by atoms with van der Waals surface area (Å²) in [6.07, 6.45) is 7.01. The molecule has 0 bridgehead atoms. The average Bonchev–Trinajstić information content (AvgIpc) is 2.04. The maximum atomic E-state index is 8.52. The van der Waals surface area contributed by atoms with Crippen LogP contribution >= 0.6 is 0 Å². The Kier molecular flexibility index (Phi) is 22.2. The standard InChI is InChI=1S/C7H16.C4H10O.C2H6O/c1-3-5-7-6-4-2;1-4(2,3)5;1-2-3/h3-7H2,1-2H3;5H,1-3H3;3H,2H2,1H3. The fourth-order valence-corrected chi connectivity index (χ4v) is 0.677. The molecule has 0 saturated carbocycles. The Morgan fingerprint density at radius 2 is 1.00 bits per heavy atom. The predicted molar refractivity (Wildman–Crippen MR) is 69.2 cm³/mol. The summed E-state index contributed by atoms with van der Waals surface area (Å²) < 4.78 is 0. The summed E-state index contributed by atoms with van der Waals surface area (Å²) >= 11 is 0. The van der Waals surface area contributed by atoms with Crippen molar-refractivity contribution in [2.45, 2.75) is 79.2 Å². The second-order valence-corrected chi connectivity index (χ2v) is 4.55. The summed E-state index contributed by atoms with van der Waals surface area (Å²) in [5.74, 6) is 0. The van der Waals surface area contributed by atoms with Crippen LogP contribution in [0.4, 0.5) is 0 Å². The molecule has 0 heterocycles. The minimum Gasteiger partial charge on any atom is -0.397 e. The maximum Gasteiger partial charge on any atom is 0.0563 e.